The van der Waals surface area contributed by atoms with Crippen LogP contribution in [0.25, 0.3) is 11.1 Å². The maximum Gasteiger partial charge on any atom is 0.194 e. The molecule has 1 aliphatic carbocycles. The van der Waals surface area contributed by atoms with Gasteiger partial charge in [-0.15, -0.1) is 0 Å². The summed E-state index contributed by atoms with van der Waals surface area (Å²) < 4.78 is 11.8. The van der Waals surface area contributed by atoms with Gasteiger partial charge in [-0.05, 0) is 55.8 Å². The van der Waals surface area contributed by atoms with Crippen LogP contribution in [0, 0.1) is 0 Å². The van der Waals surface area contributed by atoms with Crippen molar-refractivity contribution >= 4 is 5.78 Å². The Morgan fingerprint density at radius 3 is 2.44 bits per heavy atom. The number of ketones is 1. The molecule has 2 aromatic carbocycles. The molecule has 0 aromatic heterocycles. The molecule has 0 amide bonds. The Hall–Kier alpha value is -2.33. The summed E-state index contributed by atoms with van der Waals surface area (Å²) >= 11 is 0. The van der Waals surface area contributed by atoms with Crippen molar-refractivity contribution in [2.45, 2.75) is 33.6 Å². The van der Waals surface area contributed by atoms with Crippen molar-refractivity contribution in [3.8, 4) is 22.6 Å². The third kappa shape index (κ3) is 4.16. The molecule has 0 fully saturated rings. The molecule has 2 aromatic rings. The zero-order chi connectivity index (χ0) is 19.2. The molecule has 0 saturated heterocycles. The Morgan fingerprint density at radius 2 is 1.70 bits per heavy atom. The van der Waals surface area contributed by atoms with Crippen LogP contribution < -0.4 is 9.47 Å². The van der Waals surface area contributed by atoms with Gasteiger partial charge in [0.2, 0.25) is 0 Å². The van der Waals surface area contributed by atoms with E-state index in [2.05, 4.69) is 25.7 Å². The van der Waals surface area contributed by atoms with E-state index in [4.69, 9.17) is 9.47 Å². The maximum atomic E-state index is 12.8. The second-order valence-electron chi connectivity index (χ2n) is 6.79. The first-order valence-corrected chi connectivity index (χ1v) is 9.99. The van der Waals surface area contributed by atoms with Crippen LogP contribution in [-0.2, 0) is 0 Å². The van der Waals surface area contributed by atoms with E-state index in [-0.39, 0.29) is 5.78 Å². The molecule has 0 atom stereocenters. The van der Waals surface area contributed by atoms with Crippen LogP contribution in [0.1, 0.15) is 49.5 Å². The third-order valence-electron chi connectivity index (χ3n) is 5.02. The number of hydrogen-bond donors (Lipinski definition) is 0. The fraction of sp³-hybridized carbons (Fsp3) is 0.435. The summed E-state index contributed by atoms with van der Waals surface area (Å²) in [6.45, 7) is 10.9. The Kier molecular flexibility index (Phi) is 6.51. The van der Waals surface area contributed by atoms with Crippen molar-refractivity contribution in [1.82, 2.24) is 4.90 Å². The topological polar surface area (TPSA) is 38.8 Å². The molecule has 4 heteroatoms. The molecule has 0 radical (unpaired) electrons. The molecule has 3 rings (SSSR count). The van der Waals surface area contributed by atoms with Gasteiger partial charge in [0.1, 0.15) is 11.5 Å². The highest BCUT2D eigenvalue weighted by atomic mass is 16.5. The Labute approximate surface area is 162 Å². The van der Waals surface area contributed by atoms with Crippen molar-refractivity contribution in [2.75, 3.05) is 32.8 Å². The number of ether oxygens (including phenoxy) is 2. The summed E-state index contributed by atoms with van der Waals surface area (Å²) in [4.78, 5) is 15.2. The Morgan fingerprint density at radius 1 is 0.889 bits per heavy atom. The third-order valence-corrected chi connectivity index (χ3v) is 5.02. The predicted molar refractivity (Wildman–Crippen MR) is 109 cm³/mol. The average molecular weight is 367 g/mol. The molecule has 0 aliphatic heterocycles. The lowest BCUT2D eigenvalue weighted by atomic mass is 10.0. The molecule has 27 heavy (non-hydrogen) atoms. The standard InChI is InChI=1S/C23H29NO3/c1-4-14-26-17-11-12-18-20(16-17)23(25)19-9-7-10-21(22(18)19)27-15-8-13-24(5-2)6-3/h7,9-12,16H,4-6,8,13-15H2,1-3H3. The summed E-state index contributed by atoms with van der Waals surface area (Å²) in [6.07, 6.45) is 1.91. The monoisotopic (exact) mass is 367 g/mol. The predicted octanol–water partition coefficient (Wildman–Crippen LogP) is 4.80. The molecular formula is C23H29NO3. The van der Waals surface area contributed by atoms with E-state index in [1.165, 1.54) is 0 Å². The van der Waals surface area contributed by atoms with E-state index in [0.717, 1.165) is 60.7 Å². The minimum Gasteiger partial charge on any atom is -0.494 e. The fourth-order valence-corrected chi connectivity index (χ4v) is 3.51. The van der Waals surface area contributed by atoms with Crippen LogP contribution in [0.5, 0.6) is 11.5 Å². The second kappa shape index (κ2) is 9.05. The van der Waals surface area contributed by atoms with Gasteiger partial charge in [0.05, 0.1) is 13.2 Å². The summed E-state index contributed by atoms with van der Waals surface area (Å²) in [5.74, 6) is 1.59. The minimum absolute atomic E-state index is 0.0514. The van der Waals surface area contributed by atoms with Gasteiger partial charge in [0.25, 0.3) is 0 Å². The van der Waals surface area contributed by atoms with Gasteiger partial charge in [-0.1, -0.05) is 32.9 Å². The van der Waals surface area contributed by atoms with Crippen molar-refractivity contribution < 1.29 is 14.3 Å². The van der Waals surface area contributed by atoms with E-state index in [9.17, 15) is 4.79 Å². The van der Waals surface area contributed by atoms with Gasteiger partial charge in [0.15, 0.2) is 5.78 Å². The molecule has 0 spiro atoms. The van der Waals surface area contributed by atoms with Crippen LogP contribution >= 0.6 is 0 Å². The lowest BCUT2D eigenvalue weighted by Crippen LogP contribution is -2.25. The molecule has 1 aliphatic rings. The smallest absolute Gasteiger partial charge is 0.194 e. The molecule has 0 saturated carbocycles. The van der Waals surface area contributed by atoms with E-state index >= 15 is 0 Å². The number of carbonyl (C=O) groups is 1. The zero-order valence-corrected chi connectivity index (χ0v) is 16.6. The number of benzene rings is 2. The van der Waals surface area contributed by atoms with Crippen LogP contribution in [0.4, 0.5) is 0 Å². The highest BCUT2D eigenvalue weighted by molar-refractivity contribution is 6.22. The normalized spacial score (nSPS) is 12.2. The lowest BCUT2D eigenvalue weighted by Gasteiger charge is -2.18. The maximum absolute atomic E-state index is 12.8. The highest BCUT2D eigenvalue weighted by Gasteiger charge is 2.29. The zero-order valence-electron chi connectivity index (χ0n) is 16.6. The molecular weight excluding hydrogens is 338 g/mol. The molecule has 144 valence electrons. The van der Waals surface area contributed by atoms with Gasteiger partial charge >= 0.3 is 0 Å². The van der Waals surface area contributed by atoms with Crippen LogP contribution in [0.3, 0.4) is 0 Å². The van der Waals surface area contributed by atoms with Crippen molar-refractivity contribution in [3.63, 3.8) is 0 Å². The van der Waals surface area contributed by atoms with Crippen molar-refractivity contribution in [1.29, 1.82) is 0 Å². The van der Waals surface area contributed by atoms with Gasteiger partial charge in [-0.25, -0.2) is 0 Å². The van der Waals surface area contributed by atoms with E-state index in [1.807, 2.05) is 36.4 Å². The van der Waals surface area contributed by atoms with Crippen LogP contribution in [0.15, 0.2) is 36.4 Å². The molecule has 0 N–H and O–H groups in total. The quantitative estimate of drug-likeness (QED) is 0.483. The van der Waals surface area contributed by atoms with E-state index in [0.29, 0.717) is 18.8 Å². The molecule has 0 bridgehead atoms. The molecule has 4 nitrogen and oxygen atoms in total. The summed E-state index contributed by atoms with van der Waals surface area (Å²) in [7, 11) is 0. The molecule has 0 unspecified atom stereocenters. The van der Waals surface area contributed by atoms with Crippen LogP contribution in [0.2, 0.25) is 0 Å². The van der Waals surface area contributed by atoms with Gasteiger partial charge in [-0.2, -0.15) is 0 Å². The summed E-state index contributed by atoms with van der Waals surface area (Å²) in [6, 6.07) is 11.5. The number of fused-ring (bicyclic) bond motifs is 3. The highest BCUT2D eigenvalue weighted by Crippen LogP contribution is 2.43. The van der Waals surface area contributed by atoms with Crippen LogP contribution in [-0.4, -0.2) is 43.5 Å². The largest absolute Gasteiger partial charge is 0.494 e. The number of hydrogen-bond acceptors (Lipinski definition) is 4. The van der Waals surface area contributed by atoms with Gasteiger partial charge < -0.3 is 14.4 Å². The van der Waals surface area contributed by atoms with Gasteiger partial charge in [0, 0.05) is 23.2 Å². The summed E-state index contributed by atoms with van der Waals surface area (Å²) in [5, 5.41) is 0. The van der Waals surface area contributed by atoms with Gasteiger partial charge in [-0.3, -0.25) is 4.79 Å². The van der Waals surface area contributed by atoms with Crippen molar-refractivity contribution in [2.24, 2.45) is 0 Å². The minimum atomic E-state index is 0.0514. The second-order valence-corrected chi connectivity index (χ2v) is 6.79. The Balaban J connectivity index is 1.77. The number of carbonyl (C=O) groups excluding carboxylic acids is 1. The average Bonchev–Trinajstić information content (AvgIpc) is 2.99. The summed E-state index contributed by atoms with van der Waals surface area (Å²) in [5.41, 5.74) is 3.29. The lowest BCUT2D eigenvalue weighted by molar-refractivity contribution is 0.104. The SMILES string of the molecule is CCCOc1ccc2c(c1)C(=O)c1cccc(OCCCN(CC)CC)c1-2. The fourth-order valence-electron chi connectivity index (χ4n) is 3.51. The van der Waals surface area contributed by atoms with E-state index in [1.54, 1.807) is 0 Å². The number of nitrogens with zero attached hydrogens (tertiary/aromatic N) is 1. The first kappa shape index (κ1) is 19.4. The Bertz CT molecular complexity index is 796. The number of rotatable bonds is 10. The van der Waals surface area contributed by atoms with E-state index < -0.39 is 0 Å². The first-order chi connectivity index (χ1) is 13.2. The van der Waals surface area contributed by atoms with Crippen molar-refractivity contribution in [3.05, 3.63) is 47.5 Å². The first-order valence-electron chi connectivity index (χ1n) is 9.99. The molecule has 0 heterocycles.